The highest BCUT2D eigenvalue weighted by Crippen LogP contribution is 2.56. The molecule has 126 valence electrons. The first-order valence-corrected chi connectivity index (χ1v) is 8.83. The van der Waals surface area contributed by atoms with Gasteiger partial charge in [-0.25, -0.2) is 0 Å². The number of rotatable bonds is 3. The number of carbonyl (C=O) groups is 1. The molecule has 0 aromatic heterocycles. The van der Waals surface area contributed by atoms with Gasteiger partial charge in [-0.15, -0.1) is 0 Å². The maximum absolute atomic E-state index is 12.4. The number of esters is 1. The molecule has 2 bridgehead atoms. The van der Waals surface area contributed by atoms with E-state index in [0.717, 1.165) is 30.4 Å². The van der Waals surface area contributed by atoms with Gasteiger partial charge in [-0.1, -0.05) is 49.9 Å². The molecule has 1 heterocycles. The SMILES string of the molecule is C=C1CC[C@]23CC(=O)OC1[C@H](OCc1ccccc1)C2=CC[C@H]3C. The van der Waals surface area contributed by atoms with Crippen molar-refractivity contribution in [3.8, 4) is 0 Å². The third-order valence-corrected chi connectivity index (χ3v) is 6.08. The van der Waals surface area contributed by atoms with Crippen LogP contribution in [0.15, 0.2) is 54.1 Å². The quantitative estimate of drug-likeness (QED) is 0.618. The first-order chi connectivity index (χ1) is 11.6. The predicted octanol–water partition coefficient (Wildman–Crippen LogP) is 4.19. The van der Waals surface area contributed by atoms with Crippen molar-refractivity contribution in [3.63, 3.8) is 0 Å². The van der Waals surface area contributed by atoms with E-state index in [-0.39, 0.29) is 23.6 Å². The van der Waals surface area contributed by atoms with Crippen LogP contribution >= 0.6 is 0 Å². The fourth-order valence-electron chi connectivity index (χ4n) is 4.60. The monoisotopic (exact) mass is 324 g/mol. The van der Waals surface area contributed by atoms with Crippen LogP contribution in [0.2, 0.25) is 0 Å². The Hall–Kier alpha value is -1.87. The minimum Gasteiger partial charge on any atom is -0.455 e. The van der Waals surface area contributed by atoms with E-state index >= 15 is 0 Å². The van der Waals surface area contributed by atoms with Crippen molar-refractivity contribution < 1.29 is 14.3 Å². The van der Waals surface area contributed by atoms with Gasteiger partial charge in [0.1, 0.15) is 6.10 Å². The van der Waals surface area contributed by atoms with Gasteiger partial charge >= 0.3 is 5.97 Å². The molecule has 1 aromatic carbocycles. The Morgan fingerprint density at radius 2 is 2.12 bits per heavy atom. The van der Waals surface area contributed by atoms with E-state index in [1.54, 1.807) is 0 Å². The molecule has 1 unspecified atom stereocenters. The van der Waals surface area contributed by atoms with Crippen LogP contribution in [0.1, 0.15) is 38.2 Å². The largest absolute Gasteiger partial charge is 0.455 e. The fraction of sp³-hybridized carbons (Fsp3) is 0.476. The van der Waals surface area contributed by atoms with Crippen LogP contribution in [0.5, 0.6) is 0 Å². The van der Waals surface area contributed by atoms with E-state index in [4.69, 9.17) is 9.47 Å². The van der Waals surface area contributed by atoms with Crippen molar-refractivity contribution in [3.05, 3.63) is 59.7 Å². The number of ether oxygens (including phenoxy) is 2. The normalized spacial score (nSPS) is 35.0. The zero-order valence-corrected chi connectivity index (χ0v) is 14.2. The summed E-state index contributed by atoms with van der Waals surface area (Å²) in [6.45, 7) is 6.97. The third kappa shape index (κ3) is 2.42. The Balaban J connectivity index is 1.68. The van der Waals surface area contributed by atoms with E-state index < -0.39 is 0 Å². The van der Waals surface area contributed by atoms with Crippen molar-refractivity contribution in [1.82, 2.24) is 0 Å². The Bertz CT molecular complexity index is 690. The average molecular weight is 324 g/mol. The predicted molar refractivity (Wildman–Crippen MR) is 92.2 cm³/mol. The molecule has 0 spiro atoms. The minimum absolute atomic E-state index is 0.105. The first-order valence-electron chi connectivity index (χ1n) is 8.83. The van der Waals surface area contributed by atoms with Crippen LogP contribution in [0.4, 0.5) is 0 Å². The molecular weight excluding hydrogens is 300 g/mol. The van der Waals surface area contributed by atoms with Gasteiger partial charge < -0.3 is 9.47 Å². The molecule has 3 nitrogen and oxygen atoms in total. The van der Waals surface area contributed by atoms with E-state index in [1.807, 2.05) is 18.2 Å². The van der Waals surface area contributed by atoms with Crippen LogP contribution in [0.3, 0.4) is 0 Å². The summed E-state index contributed by atoms with van der Waals surface area (Å²) in [6.07, 6.45) is 5.15. The molecule has 0 N–H and O–H groups in total. The van der Waals surface area contributed by atoms with E-state index in [2.05, 4.69) is 31.7 Å². The number of hydrogen-bond acceptors (Lipinski definition) is 3. The highest BCUT2D eigenvalue weighted by molar-refractivity contribution is 5.73. The van der Waals surface area contributed by atoms with E-state index in [9.17, 15) is 4.79 Å². The summed E-state index contributed by atoms with van der Waals surface area (Å²) in [5.74, 6) is 0.346. The third-order valence-electron chi connectivity index (χ3n) is 6.08. The maximum Gasteiger partial charge on any atom is 0.307 e. The van der Waals surface area contributed by atoms with Gasteiger partial charge in [0.15, 0.2) is 6.10 Å². The van der Waals surface area contributed by atoms with Crippen molar-refractivity contribution in [2.45, 2.75) is 51.4 Å². The van der Waals surface area contributed by atoms with Crippen molar-refractivity contribution >= 4 is 5.97 Å². The molecule has 1 saturated heterocycles. The molecule has 2 aliphatic carbocycles. The standard InChI is InChI=1S/C21H24O3/c1-14-10-11-21-12-18(22)24-19(14)20(17(21)9-8-15(21)2)23-13-16-6-4-3-5-7-16/h3-7,9,15,19-20H,1,8,10-13H2,2H3/t15-,19?,20-,21-/m1/s1. The summed E-state index contributed by atoms with van der Waals surface area (Å²) in [5, 5.41) is 0. The van der Waals surface area contributed by atoms with E-state index in [0.29, 0.717) is 18.9 Å². The molecule has 2 fully saturated rings. The second-order valence-corrected chi connectivity index (χ2v) is 7.42. The first kappa shape index (κ1) is 15.6. The number of allylic oxidation sites excluding steroid dienone is 1. The van der Waals surface area contributed by atoms with Crippen LogP contribution in [0, 0.1) is 11.3 Å². The summed E-state index contributed by atoms with van der Waals surface area (Å²) in [7, 11) is 0. The number of fused-ring (bicyclic) bond motifs is 1. The molecule has 0 amide bonds. The van der Waals surface area contributed by atoms with Gasteiger partial charge in [0.25, 0.3) is 0 Å². The molecule has 1 aromatic rings. The van der Waals surface area contributed by atoms with Gasteiger partial charge in [-0.3, -0.25) is 4.79 Å². The summed E-state index contributed by atoms with van der Waals surface area (Å²) < 4.78 is 12.1. The molecule has 24 heavy (non-hydrogen) atoms. The highest BCUT2D eigenvalue weighted by Gasteiger charge is 2.54. The van der Waals surface area contributed by atoms with Crippen molar-refractivity contribution in [2.24, 2.45) is 11.3 Å². The van der Waals surface area contributed by atoms with Crippen LogP contribution in [0.25, 0.3) is 0 Å². The van der Waals surface area contributed by atoms with Crippen LogP contribution < -0.4 is 0 Å². The molecule has 0 radical (unpaired) electrons. The smallest absolute Gasteiger partial charge is 0.307 e. The Morgan fingerprint density at radius 3 is 2.92 bits per heavy atom. The Kier molecular flexibility index (Phi) is 3.84. The summed E-state index contributed by atoms with van der Waals surface area (Å²) in [5.41, 5.74) is 3.30. The molecular formula is C21H24O3. The maximum atomic E-state index is 12.4. The molecule has 4 atom stereocenters. The summed E-state index contributed by atoms with van der Waals surface area (Å²) in [6, 6.07) is 10.2. The van der Waals surface area contributed by atoms with Gasteiger partial charge in [0.05, 0.1) is 13.0 Å². The molecule has 3 heteroatoms. The molecule has 3 aliphatic rings. The minimum atomic E-state index is -0.345. The number of benzene rings is 1. The molecule has 4 rings (SSSR count). The lowest BCUT2D eigenvalue weighted by Crippen LogP contribution is -2.35. The van der Waals surface area contributed by atoms with Gasteiger partial charge in [0, 0.05) is 5.41 Å². The lowest BCUT2D eigenvalue weighted by atomic mass is 9.68. The van der Waals surface area contributed by atoms with Crippen molar-refractivity contribution in [2.75, 3.05) is 0 Å². The summed E-state index contributed by atoms with van der Waals surface area (Å²) >= 11 is 0. The number of hydrogen-bond donors (Lipinski definition) is 0. The Morgan fingerprint density at radius 1 is 1.33 bits per heavy atom. The molecule has 1 aliphatic heterocycles. The zero-order valence-electron chi connectivity index (χ0n) is 14.2. The van der Waals surface area contributed by atoms with Crippen molar-refractivity contribution in [1.29, 1.82) is 0 Å². The topological polar surface area (TPSA) is 35.5 Å². The van der Waals surface area contributed by atoms with Gasteiger partial charge in [-0.2, -0.15) is 0 Å². The second kappa shape index (κ2) is 5.89. The zero-order chi connectivity index (χ0) is 16.7. The van der Waals surface area contributed by atoms with Gasteiger partial charge in [0.2, 0.25) is 0 Å². The Labute approximate surface area is 143 Å². The van der Waals surface area contributed by atoms with E-state index in [1.165, 1.54) is 5.57 Å². The second-order valence-electron chi connectivity index (χ2n) is 7.42. The van der Waals surface area contributed by atoms with Gasteiger partial charge in [-0.05, 0) is 41.9 Å². The number of carbonyl (C=O) groups excluding carboxylic acids is 1. The molecule has 1 saturated carbocycles. The fourth-order valence-corrected chi connectivity index (χ4v) is 4.60. The lowest BCUT2D eigenvalue weighted by Gasteiger charge is -2.35. The lowest BCUT2D eigenvalue weighted by molar-refractivity contribution is -0.153. The van der Waals surface area contributed by atoms with Crippen LogP contribution in [-0.4, -0.2) is 18.2 Å². The summed E-state index contributed by atoms with van der Waals surface area (Å²) in [4.78, 5) is 12.4. The average Bonchev–Trinajstić information content (AvgIpc) is 2.76. The highest BCUT2D eigenvalue weighted by atomic mass is 16.6. The van der Waals surface area contributed by atoms with Crippen LogP contribution in [-0.2, 0) is 20.9 Å².